The Morgan fingerprint density at radius 2 is 2.27 bits per heavy atom. The predicted molar refractivity (Wildman–Crippen MR) is 54.6 cm³/mol. The predicted octanol–water partition coefficient (Wildman–Crippen LogP) is 1.29. The number of carbonyl (C=O) groups excluding carboxylic acids is 1. The number of pyridine rings is 1. The van der Waals surface area contributed by atoms with Crippen LogP contribution in [-0.2, 0) is 4.79 Å². The van der Waals surface area contributed by atoms with E-state index in [-0.39, 0.29) is 11.6 Å². The third-order valence-corrected chi connectivity index (χ3v) is 1.56. The molecule has 5 nitrogen and oxygen atoms in total. The molecule has 0 radical (unpaired) electrons. The van der Waals surface area contributed by atoms with Crippen LogP contribution < -0.4 is 5.32 Å². The fourth-order valence-corrected chi connectivity index (χ4v) is 0.961. The summed E-state index contributed by atoms with van der Waals surface area (Å²) in [6.07, 6.45) is 4.27. The summed E-state index contributed by atoms with van der Waals surface area (Å²) in [6.45, 7) is 1.72. The number of carboxylic acid groups (broad SMARTS) is 1. The fraction of sp³-hybridized carbons (Fsp3) is 0.100. The van der Waals surface area contributed by atoms with Gasteiger partial charge in [0.05, 0.1) is 0 Å². The molecule has 1 rings (SSSR count). The topological polar surface area (TPSA) is 79.3 Å². The van der Waals surface area contributed by atoms with E-state index in [0.29, 0.717) is 5.69 Å². The first-order valence-corrected chi connectivity index (χ1v) is 4.26. The van der Waals surface area contributed by atoms with Crippen molar-refractivity contribution in [3.05, 3.63) is 36.2 Å². The van der Waals surface area contributed by atoms with E-state index in [1.54, 1.807) is 13.0 Å². The van der Waals surface area contributed by atoms with Crippen LogP contribution in [0.1, 0.15) is 17.4 Å². The number of nitrogens with zero attached hydrogens (tertiary/aromatic N) is 1. The van der Waals surface area contributed by atoms with Crippen molar-refractivity contribution in [1.29, 1.82) is 0 Å². The van der Waals surface area contributed by atoms with Crippen LogP contribution in [0, 0.1) is 0 Å². The summed E-state index contributed by atoms with van der Waals surface area (Å²) in [5.74, 6) is -1.43. The van der Waals surface area contributed by atoms with Gasteiger partial charge in [-0.15, -0.1) is 0 Å². The van der Waals surface area contributed by atoms with E-state index in [0.717, 1.165) is 0 Å². The maximum atomic E-state index is 11.1. The number of rotatable bonds is 3. The quantitative estimate of drug-likeness (QED) is 0.730. The molecule has 78 valence electrons. The lowest BCUT2D eigenvalue weighted by molar-refractivity contribution is -0.111. The molecule has 5 heteroatoms. The molecule has 0 bridgehead atoms. The number of hydrogen-bond donors (Lipinski definition) is 2. The second kappa shape index (κ2) is 4.90. The zero-order valence-corrected chi connectivity index (χ0v) is 8.10. The van der Waals surface area contributed by atoms with Gasteiger partial charge in [0.25, 0.3) is 0 Å². The van der Waals surface area contributed by atoms with Crippen molar-refractivity contribution in [3.63, 3.8) is 0 Å². The number of hydrogen-bond acceptors (Lipinski definition) is 3. The summed E-state index contributed by atoms with van der Waals surface area (Å²) in [7, 11) is 0. The maximum Gasteiger partial charge on any atom is 0.354 e. The number of amides is 1. The summed E-state index contributed by atoms with van der Waals surface area (Å²) in [5, 5.41) is 11.2. The number of nitrogens with one attached hydrogen (secondary N) is 1. The third-order valence-electron chi connectivity index (χ3n) is 1.56. The Bertz CT molecular complexity index is 413. The van der Waals surface area contributed by atoms with Gasteiger partial charge in [0.1, 0.15) is 5.69 Å². The highest BCUT2D eigenvalue weighted by Crippen LogP contribution is 2.07. The van der Waals surface area contributed by atoms with Crippen LogP contribution in [0.2, 0.25) is 0 Å². The van der Waals surface area contributed by atoms with Gasteiger partial charge in [-0.2, -0.15) is 0 Å². The molecule has 2 N–H and O–H groups in total. The third kappa shape index (κ3) is 3.22. The van der Waals surface area contributed by atoms with Crippen LogP contribution in [0.25, 0.3) is 0 Å². The summed E-state index contributed by atoms with van der Waals surface area (Å²) >= 11 is 0. The highest BCUT2D eigenvalue weighted by atomic mass is 16.4. The molecule has 0 saturated heterocycles. The molecule has 0 saturated carbocycles. The van der Waals surface area contributed by atoms with Gasteiger partial charge in [0, 0.05) is 11.9 Å². The molecule has 0 unspecified atom stereocenters. The van der Waals surface area contributed by atoms with E-state index < -0.39 is 5.97 Å². The average Bonchev–Trinajstić information content (AvgIpc) is 2.18. The highest BCUT2D eigenvalue weighted by Gasteiger charge is 2.05. The highest BCUT2D eigenvalue weighted by molar-refractivity contribution is 5.99. The first kappa shape index (κ1) is 10.9. The van der Waals surface area contributed by atoms with Crippen molar-refractivity contribution in [2.45, 2.75) is 6.92 Å². The molecule has 1 aromatic rings. The summed E-state index contributed by atoms with van der Waals surface area (Å²) < 4.78 is 0. The lowest BCUT2D eigenvalue weighted by Crippen LogP contribution is -2.09. The monoisotopic (exact) mass is 206 g/mol. The Morgan fingerprint density at radius 1 is 1.53 bits per heavy atom. The van der Waals surface area contributed by atoms with E-state index in [9.17, 15) is 9.59 Å². The molecular formula is C10H10N2O3. The van der Waals surface area contributed by atoms with E-state index in [4.69, 9.17) is 5.11 Å². The van der Waals surface area contributed by atoms with E-state index in [2.05, 4.69) is 10.3 Å². The van der Waals surface area contributed by atoms with Crippen molar-refractivity contribution < 1.29 is 14.7 Å². The lowest BCUT2D eigenvalue weighted by atomic mass is 10.3. The second-order valence-electron chi connectivity index (χ2n) is 2.72. The van der Waals surface area contributed by atoms with Crippen LogP contribution >= 0.6 is 0 Å². The molecule has 0 atom stereocenters. The van der Waals surface area contributed by atoms with Crippen molar-refractivity contribution in [2.24, 2.45) is 0 Å². The van der Waals surface area contributed by atoms with Gasteiger partial charge in [0.15, 0.2) is 0 Å². The van der Waals surface area contributed by atoms with Gasteiger partial charge in [-0.25, -0.2) is 9.78 Å². The first-order valence-electron chi connectivity index (χ1n) is 4.26. The number of anilines is 1. The zero-order valence-electron chi connectivity index (χ0n) is 8.10. The average molecular weight is 206 g/mol. The van der Waals surface area contributed by atoms with Gasteiger partial charge < -0.3 is 10.4 Å². The van der Waals surface area contributed by atoms with Crippen LogP contribution in [0.4, 0.5) is 5.69 Å². The lowest BCUT2D eigenvalue weighted by Gasteiger charge is -2.01. The standard InChI is InChI=1S/C10H10N2O3/c1-2-3-9(13)12-7-4-5-11-8(6-7)10(14)15/h2-6H,1H3,(H,14,15)(H,11,12,13)/b3-2+. The first-order chi connectivity index (χ1) is 7.13. The number of carbonyl (C=O) groups is 2. The van der Waals surface area contributed by atoms with E-state index in [1.165, 1.54) is 24.4 Å². The van der Waals surface area contributed by atoms with Crippen LogP contribution in [-0.4, -0.2) is 22.0 Å². The van der Waals surface area contributed by atoms with Crippen molar-refractivity contribution in [1.82, 2.24) is 4.98 Å². The molecule has 1 aromatic heterocycles. The molecule has 15 heavy (non-hydrogen) atoms. The van der Waals surface area contributed by atoms with Crippen molar-refractivity contribution in [2.75, 3.05) is 5.32 Å². The minimum absolute atomic E-state index is 0.103. The maximum absolute atomic E-state index is 11.1. The van der Waals surface area contributed by atoms with Crippen LogP contribution in [0.15, 0.2) is 30.5 Å². The van der Waals surface area contributed by atoms with Crippen molar-refractivity contribution in [3.8, 4) is 0 Å². The number of carboxylic acids is 1. The molecular weight excluding hydrogens is 196 g/mol. The van der Waals surface area contributed by atoms with Crippen LogP contribution in [0.5, 0.6) is 0 Å². The van der Waals surface area contributed by atoms with Crippen molar-refractivity contribution >= 4 is 17.6 Å². The largest absolute Gasteiger partial charge is 0.477 e. The Morgan fingerprint density at radius 3 is 2.87 bits per heavy atom. The molecule has 0 aromatic carbocycles. The smallest absolute Gasteiger partial charge is 0.354 e. The molecule has 0 spiro atoms. The summed E-state index contributed by atoms with van der Waals surface area (Å²) in [4.78, 5) is 25.3. The number of aromatic nitrogens is 1. The molecule has 1 heterocycles. The SMILES string of the molecule is C/C=C/C(=O)Nc1ccnc(C(=O)O)c1. The minimum atomic E-state index is -1.13. The summed E-state index contributed by atoms with van der Waals surface area (Å²) in [6, 6.07) is 2.82. The Labute approximate surface area is 86.5 Å². The van der Waals surface area contributed by atoms with E-state index >= 15 is 0 Å². The number of allylic oxidation sites excluding steroid dienone is 1. The number of aromatic carboxylic acids is 1. The summed E-state index contributed by atoms with van der Waals surface area (Å²) in [5.41, 5.74) is 0.304. The normalized spacial score (nSPS) is 10.2. The zero-order chi connectivity index (χ0) is 11.3. The molecule has 0 aliphatic carbocycles. The Balaban J connectivity index is 2.82. The van der Waals surface area contributed by atoms with Gasteiger partial charge in [-0.1, -0.05) is 6.08 Å². The molecule has 0 fully saturated rings. The molecule has 1 amide bonds. The van der Waals surface area contributed by atoms with Gasteiger partial charge in [-0.3, -0.25) is 4.79 Å². The molecule has 0 aliphatic heterocycles. The minimum Gasteiger partial charge on any atom is -0.477 e. The van der Waals surface area contributed by atoms with Gasteiger partial charge >= 0.3 is 5.97 Å². The van der Waals surface area contributed by atoms with Gasteiger partial charge in [0.2, 0.25) is 5.91 Å². The van der Waals surface area contributed by atoms with Gasteiger partial charge in [-0.05, 0) is 25.1 Å². The van der Waals surface area contributed by atoms with E-state index in [1.807, 2.05) is 0 Å². The Hall–Kier alpha value is -2.17. The van der Waals surface area contributed by atoms with Crippen LogP contribution in [0.3, 0.4) is 0 Å². The fourth-order valence-electron chi connectivity index (χ4n) is 0.961. The Kier molecular flexibility index (Phi) is 3.56. The second-order valence-corrected chi connectivity index (χ2v) is 2.72. The molecule has 0 aliphatic rings.